The second-order valence-corrected chi connectivity index (χ2v) is 5.13. The lowest BCUT2D eigenvalue weighted by Crippen LogP contribution is -3.00. The van der Waals surface area contributed by atoms with Crippen LogP contribution in [0.1, 0.15) is 23.5 Å². The summed E-state index contributed by atoms with van der Waals surface area (Å²) in [6.07, 6.45) is 7.00. The summed E-state index contributed by atoms with van der Waals surface area (Å²) in [5, 5.41) is 0.860. The molecule has 16 heavy (non-hydrogen) atoms. The SMILES string of the molecule is [Cl-].[NH3+][C@H]1C=C[C@H]2C[C@@H]1Cc1cc(Cl)ccc12. The molecule has 2 aliphatic carbocycles. The van der Waals surface area contributed by atoms with Crippen molar-refractivity contribution < 1.29 is 18.1 Å². The van der Waals surface area contributed by atoms with Crippen LogP contribution in [0.3, 0.4) is 0 Å². The van der Waals surface area contributed by atoms with Gasteiger partial charge in [0.25, 0.3) is 0 Å². The molecule has 3 atom stereocenters. The number of rotatable bonds is 0. The predicted molar refractivity (Wildman–Crippen MR) is 61.8 cm³/mol. The van der Waals surface area contributed by atoms with Crippen molar-refractivity contribution >= 4 is 11.6 Å². The Labute approximate surface area is 107 Å². The Hall–Kier alpha value is -0.500. The van der Waals surface area contributed by atoms with Gasteiger partial charge in [-0.3, -0.25) is 0 Å². The van der Waals surface area contributed by atoms with Crippen LogP contribution < -0.4 is 18.1 Å². The summed E-state index contributed by atoms with van der Waals surface area (Å²) in [5.74, 6) is 1.32. The molecular weight excluding hydrogens is 241 g/mol. The zero-order valence-electron chi connectivity index (χ0n) is 9.00. The fraction of sp³-hybridized carbons (Fsp3) is 0.385. The van der Waals surface area contributed by atoms with Crippen LogP contribution in [-0.4, -0.2) is 6.04 Å². The molecule has 1 aromatic carbocycles. The second-order valence-electron chi connectivity index (χ2n) is 4.70. The second kappa shape index (κ2) is 4.40. The van der Waals surface area contributed by atoms with Crippen molar-refractivity contribution in [2.45, 2.75) is 24.8 Å². The van der Waals surface area contributed by atoms with Crippen molar-refractivity contribution in [3.63, 3.8) is 0 Å². The molecule has 2 aliphatic rings. The third kappa shape index (κ3) is 1.88. The zero-order chi connectivity index (χ0) is 10.4. The van der Waals surface area contributed by atoms with Gasteiger partial charge in [-0.05, 0) is 42.2 Å². The first kappa shape index (κ1) is 12.0. The van der Waals surface area contributed by atoms with E-state index in [1.807, 2.05) is 6.07 Å². The molecule has 2 bridgehead atoms. The van der Waals surface area contributed by atoms with E-state index in [9.17, 15) is 0 Å². The first-order valence-corrected chi connectivity index (χ1v) is 5.91. The molecule has 0 spiro atoms. The predicted octanol–water partition coefficient (Wildman–Crippen LogP) is -0.830. The number of halogens is 2. The number of fused-ring (bicyclic) bond motifs is 4. The van der Waals surface area contributed by atoms with Gasteiger partial charge >= 0.3 is 0 Å². The minimum Gasteiger partial charge on any atom is -1.00 e. The van der Waals surface area contributed by atoms with Gasteiger partial charge in [0.05, 0.1) is 0 Å². The molecule has 86 valence electrons. The van der Waals surface area contributed by atoms with Gasteiger partial charge in [-0.1, -0.05) is 23.7 Å². The van der Waals surface area contributed by atoms with Crippen LogP contribution in [0.25, 0.3) is 0 Å². The van der Waals surface area contributed by atoms with Gasteiger partial charge in [0.15, 0.2) is 0 Å². The quantitative estimate of drug-likeness (QED) is 0.587. The Kier molecular flexibility index (Phi) is 3.29. The number of quaternary nitrogens is 1. The van der Waals surface area contributed by atoms with Crippen molar-refractivity contribution in [1.29, 1.82) is 0 Å². The topological polar surface area (TPSA) is 27.6 Å². The van der Waals surface area contributed by atoms with Crippen LogP contribution in [0.15, 0.2) is 30.4 Å². The van der Waals surface area contributed by atoms with Crippen LogP contribution in [0.5, 0.6) is 0 Å². The molecule has 3 rings (SSSR count). The summed E-state index contributed by atoms with van der Waals surface area (Å²) in [6, 6.07) is 6.80. The van der Waals surface area contributed by atoms with Crippen LogP contribution in [0.4, 0.5) is 0 Å². The maximum atomic E-state index is 6.04. The van der Waals surface area contributed by atoms with Gasteiger partial charge in [0.1, 0.15) is 6.04 Å². The molecule has 0 amide bonds. The number of hydrogen-bond acceptors (Lipinski definition) is 0. The summed E-state index contributed by atoms with van der Waals surface area (Å²) >= 11 is 6.04. The van der Waals surface area contributed by atoms with Crippen molar-refractivity contribution in [2.75, 3.05) is 0 Å². The number of benzene rings is 1. The molecule has 0 saturated heterocycles. The van der Waals surface area contributed by atoms with Gasteiger partial charge in [-0.2, -0.15) is 0 Å². The van der Waals surface area contributed by atoms with E-state index in [1.54, 1.807) is 0 Å². The van der Waals surface area contributed by atoms with E-state index in [1.165, 1.54) is 17.5 Å². The molecule has 1 aromatic rings. The average molecular weight is 256 g/mol. The summed E-state index contributed by atoms with van der Waals surface area (Å²) in [5.41, 5.74) is 7.10. The van der Waals surface area contributed by atoms with Crippen molar-refractivity contribution in [3.05, 3.63) is 46.5 Å². The lowest BCUT2D eigenvalue weighted by Gasteiger charge is -2.34. The lowest BCUT2D eigenvalue weighted by atomic mass is 9.71. The maximum absolute atomic E-state index is 6.04. The Morgan fingerprint density at radius 2 is 2.06 bits per heavy atom. The standard InChI is InChI=1S/C13H14ClN.ClH/c14-11-2-3-12-8-1-4-13(15)10(5-8)6-9(12)7-11;/h1-4,7-8,10,13H,5-6,15H2;1H/t8-,10+,13-;/m0./s1. The summed E-state index contributed by atoms with van der Waals surface area (Å²) in [7, 11) is 0. The molecule has 3 heteroatoms. The van der Waals surface area contributed by atoms with E-state index in [0.29, 0.717) is 17.9 Å². The lowest BCUT2D eigenvalue weighted by molar-refractivity contribution is -0.418. The summed E-state index contributed by atoms with van der Waals surface area (Å²) in [4.78, 5) is 0. The first-order chi connectivity index (χ1) is 7.24. The van der Waals surface area contributed by atoms with E-state index in [-0.39, 0.29) is 12.4 Å². The Balaban J connectivity index is 0.000000963. The Morgan fingerprint density at radius 3 is 2.88 bits per heavy atom. The third-order valence-electron chi connectivity index (χ3n) is 3.74. The van der Waals surface area contributed by atoms with Gasteiger partial charge in [0.2, 0.25) is 0 Å². The molecule has 1 nitrogen and oxygen atoms in total. The zero-order valence-corrected chi connectivity index (χ0v) is 10.5. The molecule has 0 radical (unpaired) electrons. The van der Waals surface area contributed by atoms with Crippen molar-refractivity contribution in [1.82, 2.24) is 0 Å². The summed E-state index contributed by atoms with van der Waals surface area (Å²) < 4.78 is 0. The summed E-state index contributed by atoms with van der Waals surface area (Å²) in [6.45, 7) is 0. The first-order valence-electron chi connectivity index (χ1n) is 5.54. The minimum absolute atomic E-state index is 0. The maximum Gasteiger partial charge on any atom is 0.106 e. The van der Waals surface area contributed by atoms with Gasteiger partial charge in [-0.25, -0.2) is 0 Å². The molecular formula is C13H15Cl2N. The van der Waals surface area contributed by atoms with E-state index in [2.05, 4.69) is 30.0 Å². The van der Waals surface area contributed by atoms with Crippen LogP contribution in [0.2, 0.25) is 5.02 Å². The highest BCUT2D eigenvalue weighted by Crippen LogP contribution is 2.40. The fourth-order valence-corrected chi connectivity index (χ4v) is 3.07. The fourth-order valence-electron chi connectivity index (χ4n) is 2.87. The highest BCUT2D eigenvalue weighted by molar-refractivity contribution is 6.30. The Bertz CT molecular complexity index is 428. The molecule has 0 heterocycles. The average Bonchev–Trinajstić information content (AvgIpc) is 2.23. The normalized spacial score (nSPS) is 30.5. The number of allylic oxidation sites excluding steroid dienone is 1. The van der Waals surface area contributed by atoms with E-state index in [4.69, 9.17) is 11.6 Å². The van der Waals surface area contributed by atoms with E-state index in [0.717, 1.165) is 11.4 Å². The van der Waals surface area contributed by atoms with E-state index >= 15 is 0 Å². The van der Waals surface area contributed by atoms with Gasteiger partial charge in [-0.15, -0.1) is 0 Å². The van der Waals surface area contributed by atoms with E-state index < -0.39 is 0 Å². The Morgan fingerprint density at radius 1 is 1.25 bits per heavy atom. The van der Waals surface area contributed by atoms with Crippen LogP contribution >= 0.6 is 11.6 Å². The molecule has 0 aliphatic heterocycles. The minimum atomic E-state index is 0. The monoisotopic (exact) mass is 255 g/mol. The molecule has 0 unspecified atom stereocenters. The molecule has 0 saturated carbocycles. The van der Waals surface area contributed by atoms with Crippen molar-refractivity contribution in [2.24, 2.45) is 5.92 Å². The largest absolute Gasteiger partial charge is 1.00 e. The third-order valence-corrected chi connectivity index (χ3v) is 3.97. The molecule has 0 aromatic heterocycles. The van der Waals surface area contributed by atoms with Gasteiger partial charge in [0, 0.05) is 16.9 Å². The molecule has 0 fully saturated rings. The van der Waals surface area contributed by atoms with Gasteiger partial charge < -0.3 is 18.1 Å². The smallest absolute Gasteiger partial charge is 0.106 e. The highest BCUT2D eigenvalue weighted by atomic mass is 35.5. The highest BCUT2D eigenvalue weighted by Gasteiger charge is 2.33. The van der Waals surface area contributed by atoms with Crippen molar-refractivity contribution in [3.8, 4) is 0 Å². The number of hydrogen-bond donors (Lipinski definition) is 1. The molecule has 3 N–H and O–H groups in total. The van der Waals surface area contributed by atoms with Crippen LogP contribution in [-0.2, 0) is 6.42 Å². The van der Waals surface area contributed by atoms with Crippen LogP contribution in [0, 0.1) is 5.92 Å².